The fourth-order valence-electron chi connectivity index (χ4n) is 3.13. The Bertz CT molecular complexity index is 339. The number of nitrogens with zero attached hydrogens (tertiary/aromatic N) is 1. The summed E-state index contributed by atoms with van der Waals surface area (Å²) in [5.74, 6) is -0.510. The van der Waals surface area contributed by atoms with Crippen LogP contribution < -0.4 is 5.73 Å². The van der Waals surface area contributed by atoms with E-state index in [2.05, 4.69) is 0 Å². The predicted molar refractivity (Wildman–Crippen MR) is 66.7 cm³/mol. The summed E-state index contributed by atoms with van der Waals surface area (Å²) in [5.41, 5.74) is 5.41. The molecule has 2 aliphatic rings. The molecule has 0 aromatic carbocycles. The minimum atomic E-state index is -0.318. The lowest BCUT2D eigenvalue weighted by atomic mass is 9.85. The molecule has 2 heterocycles. The Labute approximate surface area is 108 Å². The van der Waals surface area contributed by atoms with Gasteiger partial charge in [0.15, 0.2) is 0 Å². The van der Waals surface area contributed by atoms with Crippen molar-refractivity contribution in [2.75, 3.05) is 6.61 Å². The van der Waals surface area contributed by atoms with Gasteiger partial charge in [0.25, 0.3) is 5.91 Å². The largest absolute Gasteiger partial charge is 0.369 e. The van der Waals surface area contributed by atoms with Crippen molar-refractivity contribution in [2.24, 2.45) is 11.7 Å². The molecule has 0 aromatic heterocycles. The second kappa shape index (κ2) is 5.26. The zero-order valence-electron chi connectivity index (χ0n) is 11.1. The molecular formula is C13H22N2O3. The second-order valence-corrected chi connectivity index (χ2v) is 5.42. The zero-order chi connectivity index (χ0) is 13.3. The Hall–Kier alpha value is -1.10. The fraction of sp³-hybridized carbons (Fsp3) is 0.846. The van der Waals surface area contributed by atoms with Crippen molar-refractivity contribution in [3.05, 3.63) is 0 Å². The SMILES string of the molecule is CC1CCC(C(N)=O)C(C)N1C(=O)[C@H]1CCCO1. The number of hydrogen-bond acceptors (Lipinski definition) is 3. The van der Waals surface area contributed by atoms with Crippen LogP contribution in [0.5, 0.6) is 0 Å². The molecule has 2 aliphatic heterocycles. The van der Waals surface area contributed by atoms with E-state index in [0.29, 0.717) is 6.61 Å². The zero-order valence-corrected chi connectivity index (χ0v) is 11.1. The fourth-order valence-corrected chi connectivity index (χ4v) is 3.13. The maximum atomic E-state index is 12.4. The Morgan fingerprint density at radius 3 is 2.50 bits per heavy atom. The van der Waals surface area contributed by atoms with Crippen molar-refractivity contribution in [1.82, 2.24) is 4.90 Å². The van der Waals surface area contributed by atoms with Gasteiger partial charge in [-0.2, -0.15) is 0 Å². The van der Waals surface area contributed by atoms with Crippen LogP contribution in [0.25, 0.3) is 0 Å². The maximum absolute atomic E-state index is 12.4. The number of rotatable bonds is 2. The van der Waals surface area contributed by atoms with Gasteiger partial charge in [-0.25, -0.2) is 0 Å². The van der Waals surface area contributed by atoms with Gasteiger partial charge >= 0.3 is 0 Å². The number of likely N-dealkylation sites (tertiary alicyclic amines) is 1. The topological polar surface area (TPSA) is 72.6 Å². The van der Waals surface area contributed by atoms with Gasteiger partial charge in [0.05, 0.1) is 5.92 Å². The van der Waals surface area contributed by atoms with E-state index in [1.165, 1.54) is 0 Å². The van der Waals surface area contributed by atoms with Gasteiger partial charge in [-0.15, -0.1) is 0 Å². The van der Waals surface area contributed by atoms with Crippen LogP contribution >= 0.6 is 0 Å². The molecule has 0 bridgehead atoms. The number of carbonyl (C=O) groups excluding carboxylic acids is 2. The average molecular weight is 254 g/mol. The molecule has 5 heteroatoms. The molecule has 4 atom stereocenters. The molecule has 2 N–H and O–H groups in total. The molecule has 0 aromatic rings. The summed E-state index contributed by atoms with van der Waals surface area (Å²) in [6.07, 6.45) is 3.01. The quantitative estimate of drug-likeness (QED) is 0.787. The lowest BCUT2D eigenvalue weighted by molar-refractivity contribution is -0.150. The standard InChI is InChI=1S/C13H22N2O3/c1-8-5-6-10(12(14)16)9(2)15(8)13(17)11-4-3-7-18-11/h8-11H,3-7H2,1-2H3,(H2,14,16)/t8?,9?,10?,11-/m1/s1. The molecule has 0 aliphatic carbocycles. The molecule has 0 spiro atoms. The lowest BCUT2D eigenvalue weighted by Gasteiger charge is -2.43. The van der Waals surface area contributed by atoms with Gasteiger partial charge in [0, 0.05) is 18.7 Å². The van der Waals surface area contributed by atoms with E-state index < -0.39 is 0 Å². The first-order chi connectivity index (χ1) is 8.52. The first-order valence-corrected chi connectivity index (χ1v) is 6.75. The summed E-state index contributed by atoms with van der Waals surface area (Å²) in [4.78, 5) is 25.7. The number of primary amides is 1. The number of ether oxygens (including phenoxy) is 1. The monoisotopic (exact) mass is 254 g/mol. The number of carbonyl (C=O) groups is 2. The highest BCUT2D eigenvalue weighted by Gasteiger charge is 2.41. The number of nitrogens with two attached hydrogens (primary N) is 1. The summed E-state index contributed by atoms with van der Waals surface area (Å²) < 4.78 is 5.45. The van der Waals surface area contributed by atoms with E-state index in [4.69, 9.17) is 10.5 Å². The summed E-state index contributed by atoms with van der Waals surface area (Å²) >= 11 is 0. The molecular weight excluding hydrogens is 232 g/mol. The summed E-state index contributed by atoms with van der Waals surface area (Å²) in [7, 11) is 0. The number of piperidine rings is 1. The second-order valence-electron chi connectivity index (χ2n) is 5.42. The van der Waals surface area contributed by atoms with E-state index >= 15 is 0 Å². The highest BCUT2D eigenvalue weighted by Crippen LogP contribution is 2.30. The smallest absolute Gasteiger partial charge is 0.252 e. The maximum Gasteiger partial charge on any atom is 0.252 e. The third-order valence-electron chi connectivity index (χ3n) is 4.22. The summed E-state index contributed by atoms with van der Waals surface area (Å²) in [6, 6.07) is 0.0373. The van der Waals surface area contributed by atoms with Crippen molar-refractivity contribution < 1.29 is 14.3 Å². The van der Waals surface area contributed by atoms with Crippen molar-refractivity contribution in [3.8, 4) is 0 Å². The van der Waals surface area contributed by atoms with Crippen molar-refractivity contribution in [1.29, 1.82) is 0 Å². The molecule has 2 saturated heterocycles. The first kappa shape index (κ1) is 13.3. The molecule has 2 amide bonds. The highest BCUT2D eigenvalue weighted by molar-refractivity contribution is 5.84. The van der Waals surface area contributed by atoms with Crippen LogP contribution in [-0.4, -0.2) is 41.5 Å². The molecule has 2 rings (SSSR count). The third-order valence-corrected chi connectivity index (χ3v) is 4.22. The summed E-state index contributed by atoms with van der Waals surface area (Å²) in [6.45, 7) is 4.60. The van der Waals surface area contributed by atoms with E-state index in [9.17, 15) is 9.59 Å². The number of hydrogen-bond donors (Lipinski definition) is 1. The van der Waals surface area contributed by atoms with Gasteiger partial charge < -0.3 is 15.4 Å². The molecule has 2 fully saturated rings. The van der Waals surface area contributed by atoms with Gasteiger partial charge in [-0.3, -0.25) is 9.59 Å². The van der Waals surface area contributed by atoms with Crippen LogP contribution in [0.3, 0.4) is 0 Å². The Morgan fingerprint density at radius 2 is 1.94 bits per heavy atom. The van der Waals surface area contributed by atoms with Crippen LogP contribution in [-0.2, 0) is 14.3 Å². The molecule has 3 unspecified atom stereocenters. The predicted octanol–water partition coefficient (Wildman–Crippen LogP) is 0.666. The number of amides is 2. The molecule has 102 valence electrons. The molecule has 0 saturated carbocycles. The molecule has 0 radical (unpaired) electrons. The first-order valence-electron chi connectivity index (χ1n) is 6.75. The Balaban J connectivity index is 2.12. The van der Waals surface area contributed by atoms with Crippen LogP contribution in [0.4, 0.5) is 0 Å². The Kier molecular flexibility index (Phi) is 3.90. The van der Waals surface area contributed by atoms with Gasteiger partial charge in [-0.1, -0.05) is 0 Å². The van der Waals surface area contributed by atoms with E-state index in [1.807, 2.05) is 18.7 Å². The van der Waals surface area contributed by atoms with E-state index in [0.717, 1.165) is 25.7 Å². The van der Waals surface area contributed by atoms with Gasteiger partial charge in [-0.05, 0) is 39.5 Å². The van der Waals surface area contributed by atoms with Crippen LogP contribution in [0.1, 0.15) is 39.5 Å². The highest BCUT2D eigenvalue weighted by atomic mass is 16.5. The molecule has 5 nitrogen and oxygen atoms in total. The normalized spacial score (nSPS) is 36.7. The summed E-state index contributed by atoms with van der Waals surface area (Å²) in [5, 5.41) is 0. The lowest BCUT2D eigenvalue weighted by Crippen LogP contribution is -2.56. The van der Waals surface area contributed by atoms with Crippen LogP contribution in [0, 0.1) is 5.92 Å². The minimum absolute atomic E-state index is 0.0263. The Morgan fingerprint density at radius 1 is 1.22 bits per heavy atom. The van der Waals surface area contributed by atoms with Gasteiger partial charge in [0.2, 0.25) is 5.91 Å². The van der Waals surface area contributed by atoms with Crippen LogP contribution in [0.15, 0.2) is 0 Å². The van der Waals surface area contributed by atoms with Crippen molar-refractivity contribution in [2.45, 2.75) is 57.7 Å². The average Bonchev–Trinajstić information content (AvgIpc) is 2.81. The van der Waals surface area contributed by atoms with Crippen molar-refractivity contribution >= 4 is 11.8 Å². The van der Waals surface area contributed by atoms with Crippen LogP contribution in [0.2, 0.25) is 0 Å². The third kappa shape index (κ3) is 2.36. The van der Waals surface area contributed by atoms with E-state index in [1.54, 1.807) is 0 Å². The minimum Gasteiger partial charge on any atom is -0.369 e. The molecule has 18 heavy (non-hydrogen) atoms. The van der Waals surface area contributed by atoms with E-state index in [-0.39, 0.29) is 35.9 Å². The van der Waals surface area contributed by atoms with Gasteiger partial charge in [0.1, 0.15) is 6.10 Å². The van der Waals surface area contributed by atoms with Crippen molar-refractivity contribution in [3.63, 3.8) is 0 Å².